The summed E-state index contributed by atoms with van der Waals surface area (Å²) in [7, 11) is 0. The van der Waals surface area contributed by atoms with Crippen molar-refractivity contribution in [3.63, 3.8) is 0 Å². The quantitative estimate of drug-likeness (QED) is 0.881. The molecular formula is C14H16BrN5. The Balaban J connectivity index is 1.45. The van der Waals surface area contributed by atoms with Gasteiger partial charge in [0.25, 0.3) is 0 Å². The van der Waals surface area contributed by atoms with Gasteiger partial charge < -0.3 is 10.6 Å². The monoisotopic (exact) mass is 333 g/mol. The normalized spacial score (nSPS) is 38.0. The van der Waals surface area contributed by atoms with Crippen molar-refractivity contribution in [1.82, 2.24) is 19.9 Å². The lowest BCUT2D eigenvalue weighted by molar-refractivity contribution is -0.118. The minimum Gasteiger partial charge on any atom is -0.350 e. The Hall–Kier alpha value is -1.14. The summed E-state index contributed by atoms with van der Waals surface area (Å²) in [6.45, 7) is 2.36. The van der Waals surface area contributed by atoms with Crippen LogP contribution in [0.3, 0.4) is 0 Å². The number of rotatable bonds is 2. The molecule has 0 radical (unpaired) electrons. The second kappa shape index (κ2) is 3.74. The molecule has 0 aromatic carbocycles. The summed E-state index contributed by atoms with van der Waals surface area (Å²) in [5.41, 5.74) is 1.48. The highest BCUT2D eigenvalue weighted by molar-refractivity contribution is 9.10. The van der Waals surface area contributed by atoms with Gasteiger partial charge in [0, 0.05) is 25.3 Å². The van der Waals surface area contributed by atoms with Gasteiger partial charge in [-0.05, 0) is 58.2 Å². The topological polar surface area (TPSA) is 54.2 Å². The standard InChI is InChI=1S/C14H16BrN5/c15-10-2-1-5-20-12(10)18-13(19-20)17-11-8-3-4-14(8)7-16-6-9(11)14/h1-2,5,8-9,11,16H,3-4,6-7H2,(H,17,19)/t8?,9-,11+,14?/m0/s1. The molecule has 3 aliphatic rings. The summed E-state index contributed by atoms with van der Waals surface area (Å²) >= 11 is 3.52. The fraction of sp³-hybridized carbons (Fsp3) is 0.571. The van der Waals surface area contributed by atoms with E-state index in [1.807, 2.05) is 22.8 Å². The van der Waals surface area contributed by atoms with Crippen molar-refractivity contribution < 1.29 is 0 Å². The molecule has 2 aliphatic carbocycles. The highest BCUT2D eigenvalue weighted by Gasteiger charge is 2.68. The van der Waals surface area contributed by atoms with Crippen molar-refractivity contribution in [3.8, 4) is 0 Å². The number of nitrogens with zero attached hydrogens (tertiary/aromatic N) is 3. The fourth-order valence-corrected chi connectivity index (χ4v) is 5.05. The van der Waals surface area contributed by atoms with Gasteiger partial charge in [-0.15, -0.1) is 5.10 Å². The minimum atomic E-state index is 0.551. The van der Waals surface area contributed by atoms with Crippen LogP contribution in [0.15, 0.2) is 22.8 Å². The molecule has 3 heterocycles. The van der Waals surface area contributed by atoms with Gasteiger partial charge in [0.15, 0.2) is 5.65 Å². The SMILES string of the molecule is Brc1cccn2nc(N[C@@H]3C4CCC45CNC[C@@H]35)nc12. The molecule has 104 valence electrons. The number of halogens is 1. The molecular weight excluding hydrogens is 318 g/mol. The lowest BCUT2D eigenvalue weighted by atomic mass is 9.41. The summed E-state index contributed by atoms with van der Waals surface area (Å²) in [5.74, 6) is 2.34. The summed E-state index contributed by atoms with van der Waals surface area (Å²) in [4.78, 5) is 4.60. The predicted molar refractivity (Wildman–Crippen MR) is 79.6 cm³/mol. The first-order valence-corrected chi connectivity index (χ1v) is 8.05. The molecule has 1 aliphatic heterocycles. The lowest BCUT2D eigenvalue weighted by Crippen LogP contribution is -2.68. The third kappa shape index (κ3) is 1.27. The molecule has 2 aromatic heterocycles. The fourth-order valence-electron chi connectivity index (χ4n) is 4.63. The van der Waals surface area contributed by atoms with Crippen LogP contribution in [0.2, 0.25) is 0 Å². The maximum atomic E-state index is 4.60. The lowest BCUT2D eigenvalue weighted by Gasteiger charge is -2.65. The summed E-state index contributed by atoms with van der Waals surface area (Å²) < 4.78 is 2.81. The Kier molecular flexibility index (Phi) is 2.15. The number of hydrogen-bond acceptors (Lipinski definition) is 4. The first-order valence-electron chi connectivity index (χ1n) is 7.26. The van der Waals surface area contributed by atoms with Crippen LogP contribution in [0.25, 0.3) is 5.65 Å². The molecule has 2 saturated carbocycles. The van der Waals surface area contributed by atoms with Gasteiger partial charge in [0.1, 0.15) is 0 Å². The van der Waals surface area contributed by atoms with Crippen LogP contribution in [0, 0.1) is 17.3 Å². The first-order chi connectivity index (χ1) is 9.78. The predicted octanol–water partition coefficient (Wildman–Crippen LogP) is 1.90. The van der Waals surface area contributed by atoms with Gasteiger partial charge >= 0.3 is 0 Å². The van der Waals surface area contributed by atoms with E-state index in [0.717, 1.165) is 34.4 Å². The van der Waals surface area contributed by atoms with Gasteiger partial charge in [0.05, 0.1) is 4.47 Å². The van der Waals surface area contributed by atoms with Gasteiger partial charge in [-0.2, -0.15) is 4.98 Å². The van der Waals surface area contributed by atoms with Crippen molar-refractivity contribution in [2.75, 3.05) is 18.4 Å². The van der Waals surface area contributed by atoms with Crippen LogP contribution < -0.4 is 10.6 Å². The third-order valence-electron chi connectivity index (χ3n) is 5.69. The van der Waals surface area contributed by atoms with Gasteiger partial charge in [0.2, 0.25) is 5.95 Å². The molecule has 2 N–H and O–H groups in total. The third-order valence-corrected chi connectivity index (χ3v) is 6.31. The van der Waals surface area contributed by atoms with Gasteiger partial charge in [-0.25, -0.2) is 4.52 Å². The van der Waals surface area contributed by atoms with Gasteiger partial charge in [-0.3, -0.25) is 0 Å². The van der Waals surface area contributed by atoms with Crippen LogP contribution in [-0.2, 0) is 0 Å². The van der Waals surface area contributed by atoms with Crippen LogP contribution in [0.1, 0.15) is 12.8 Å². The highest BCUT2D eigenvalue weighted by Crippen LogP contribution is 2.66. The summed E-state index contributed by atoms with van der Waals surface area (Å²) in [5, 5.41) is 11.7. The van der Waals surface area contributed by atoms with E-state index in [1.165, 1.54) is 19.4 Å². The molecule has 5 nitrogen and oxygen atoms in total. The number of anilines is 1. The van der Waals surface area contributed by atoms with Crippen molar-refractivity contribution in [2.24, 2.45) is 17.3 Å². The van der Waals surface area contributed by atoms with E-state index in [0.29, 0.717) is 11.5 Å². The molecule has 0 bridgehead atoms. The minimum absolute atomic E-state index is 0.551. The number of aromatic nitrogens is 3. The van der Waals surface area contributed by atoms with Crippen molar-refractivity contribution in [1.29, 1.82) is 0 Å². The van der Waals surface area contributed by atoms with Crippen LogP contribution in [0.4, 0.5) is 5.95 Å². The highest BCUT2D eigenvalue weighted by atomic mass is 79.9. The zero-order chi connectivity index (χ0) is 13.3. The van der Waals surface area contributed by atoms with Gasteiger partial charge in [-0.1, -0.05) is 0 Å². The van der Waals surface area contributed by atoms with Crippen molar-refractivity contribution in [3.05, 3.63) is 22.8 Å². The average Bonchev–Trinajstić information content (AvgIpc) is 3.00. The molecule has 2 unspecified atom stereocenters. The molecule has 20 heavy (non-hydrogen) atoms. The Morgan fingerprint density at radius 1 is 1.45 bits per heavy atom. The zero-order valence-electron chi connectivity index (χ0n) is 11.0. The Labute approximate surface area is 125 Å². The molecule has 3 fully saturated rings. The summed E-state index contributed by atoms with van der Waals surface area (Å²) in [6.07, 6.45) is 4.69. The molecule has 5 rings (SSSR count). The Morgan fingerprint density at radius 2 is 2.40 bits per heavy atom. The molecule has 0 amide bonds. The van der Waals surface area contributed by atoms with Crippen LogP contribution in [0.5, 0.6) is 0 Å². The Bertz CT molecular complexity index is 698. The molecule has 4 atom stereocenters. The van der Waals surface area contributed by atoms with E-state index < -0.39 is 0 Å². The number of pyridine rings is 1. The molecule has 1 saturated heterocycles. The van der Waals surface area contributed by atoms with Crippen LogP contribution in [-0.4, -0.2) is 33.7 Å². The van der Waals surface area contributed by atoms with E-state index >= 15 is 0 Å². The largest absolute Gasteiger partial charge is 0.350 e. The maximum absolute atomic E-state index is 4.60. The number of hydrogen-bond donors (Lipinski definition) is 2. The molecule has 1 spiro atoms. The average molecular weight is 334 g/mol. The Morgan fingerprint density at radius 3 is 3.20 bits per heavy atom. The van der Waals surface area contributed by atoms with Crippen molar-refractivity contribution >= 4 is 27.5 Å². The van der Waals surface area contributed by atoms with E-state index in [2.05, 4.69) is 36.6 Å². The van der Waals surface area contributed by atoms with E-state index in [9.17, 15) is 0 Å². The van der Waals surface area contributed by atoms with E-state index in [1.54, 1.807) is 0 Å². The number of nitrogens with one attached hydrogen (secondary N) is 2. The maximum Gasteiger partial charge on any atom is 0.243 e. The smallest absolute Gasteiger partial charge is 0.243 e. The second-order valence-corrected chi connectivity index (χ2v) is 7.20. The number of fused-ring (bicyclic) bond motifs is 1. The van der Waals surface area contributed by atoms with E-state index in [-0.39, 0.29) is 0 Å². The zero-order valence-corrected chi connectivity index (χ0v) is 12.6. The first kappa shape index (κ1) is 11.5. The molecule has 6 heteroatoms. The summed E-state index contributed by atoms with van der Waals surface area (Å²) in [6, 6.07) is 4.51. The van der Waals surface area contributed by atoms with Crippen LogP contribution >= 0.6 is 15.9 Å². The second-order valence-electron chi connectivity index (χ2n) is 6.35. The van der Waals surface area contributed by atoms with Crippen molar-refractivity contribution in [2.45, 2.75) is 18.9 Å². The van der Waals surface area contributed by atoms with E-state index in [4.69, 9.17) is 0 Å². The molecule has 2 aromatic rings.